The van der Waals surface area contributed by atoms with Crippen LogP contribution >= 0.6 is 0 Å². The zero-order valence-electron chi connectivity index (χ0n) is 16.3. The topological polar surface area (TPSA) is 75.7 Å². The summed E-state index contributed by atoms with van der Waals surface area (Å²) in [6.07, 6.45) is 0.803. The normalized spacial score (nSPS) is 17.1. The summed E-state index contributed by atoms with van der Waals surface area (Å²) in [7, 11) is -3.62. The molecule has 1 aliphatic heterocycles. The van der Waals surface area contributed by atoms with Crippen LogP contribution < -0.4 is 5.32 Å². The second kappa shape index (κ2) is 7.66. The largest absolute Gasteiger partial charge is 0.379 e. The number of ether oxygens (including phenoxy) is 1. The lowest BCUT2D eigenvalue weighted by Crippen LogP contribution is -2.45. The van der Waals surface area contributed by atoms with E-state index in [9.17, 15) is 13.2 Å². The Bertz CT molecular complexity index is 745. The van der Waals surface area contributed by atoms with E-state index in [0.29, 0.717) is 31.9 Å². The second-order valence-electron chi connectivity index (χ2n) is 8.62. The van der Waals surface area contributed by atoms with Crippen LogP contribution in [0.2, 0.25) is 0 Å². The number of hydrogen-bond acceptors (Lipinski definition) is 4. The van der Waals surface area contributed by atoms with Gasteiger partial charge >= 0.3 is 0 Å². The first-order valence-corrected chi connectivity index (χ1v) is 10.4. The Kier molecular flexibility index (Phi) is 6.15. The maximum absolute atomic E-state index is 12.8. The SMILES string of the molecule is CC(C)(C)CC(C)(C)NC(=O)c1cccc(S(=O)(=O)N2CCOCC2)c1. The summed E-state index contributed by atoms with van der Waals surface area (Å²) in [6, 6.07) is 6.23. The van der Waals surface area contributed by atoms with Crippen molar-refractivity contribution in [2.75, 3.05) is 26.3 Å². The molecule has 6 nitrogen and oxygen atoms in total. The fourth-order valence-corrected chi connectivity index (χ4v) is 4.94. The first-order chi connectivity index (χ1) is 11.9. The monoisotopic (exact) mass is 382 g/mol. The molecule has 0 saturated carbocycles. The molecule has 1 saturated heterocycles. The first-order valence-electron chi connectivity index (χ1n) is 8.91. The molecule has 1 aliphatic rings. The average molecular weight is 383 g/mol. The van der Waals surface area contributed by atoms with Crippen molar-refractivity contribution in [3.63, 3.8) is 0 Å². The van der Waals surface area contributed by atoms with Gasteiger partial charge in [-0.15, -0.1) is 0 Å². The molecule has 146 valence electrons. The predicted molar refractivity (Wildman–Crippen MR) is 102 cm³/mol. The predicted octanol–water partition coefficient (Wildman–Crippen LogP) is 2.65. The van der Waals surface area contributed by atoms with E-state index in [1.54, 1.807) is 12.1 Å². The van der Waals surface area contributed by atoms with Crippen LogP contribution in [0, 0.1) is 5.41 Å². The van der Waals surface area contributed by atoms with Crippen molar-refractivity contribution >= 4 is 15.9 Å². The van der Waals surface area contributed by atoms with E-state index in [1.165, 1.54) is 16.4 Å². The van der Waals surface area contributed by atoms with Crippen molar-refractivity contribution in [1.29, 1.82) is 0 Å². The Morgan fingerprint density at radius 3 is 2.35 bits per heavy atom. The van der Waals surface area contributed by atoms with E-state index in [0.717, 1.165) is 6.42 Å². The molecular formula is C19H30N2O4S. The molecular weight excluding hydrogens is 352 g/mol. The van der Waals surface area contributed by atoms with Gasteiger partial charge in [0.05, 0.1) is 18.1 Å². The number of carbonyl (C=O) groups excluding carboxylic acids is 1. The van der Waals surface area contributed by atoms with Gasteiger partial charge in [0.25, 0.3) is 5.91 Å². The Labute approximate surface area is 157 Å². The molecule has 0 aliphatic carbocycles. The smallest absolute Gasteiger partial charge is 0.251 e. The minimum atomic E-state index is -3.62. The van der Waals surface area contributed by atoms with Crippen molar-refractivity contribution in [1.82, 2.24) is 9.62 Å². The highest BCUT2D eigenvalue weighted by atomic mass is 32.2. The lowest BCUT2D eigenvalue weighted by atomic mass is 9.81. The third-order valence-electron chi connectivity index (χ3n) is 4.13. The van der Waals surface area contributed by atoms with E-state index >= 15 is 0 Å². The second-order valence-corrected chi connectivity index (χ2v) is 10.6. The summed E-state index contributed by atoms with van der Waals surface area (Å²) in [6.45, 7) is 11.8. The number of morpholine rings is 1. The zero-order valence-corrected chi connectivity index (χ0v) is 17.1. The number of nitrogens with one attached hydrogen (secondary N) is 1. The van der Waals surface area contributed by atoms with E-state index in [2.05, 4.69) is 26.1 Å². The molecule has 0 radical (unpaired) electrons. The molecule has 1 N–H and O–H groups in total. The van der Waals surface area contributed by atoms with Crippen LogP contribution in [0.4, 0.5) is 0 Å². The van der Waals surface area contributed by atoms with Gasteiger partial charge in [0.15, 0.2) is 0 Å². The van der Waals surface area contributed by atoms with Gasteiger partial charge in [-0.2, -0.15) is 4.31 Å². The van der Waals surface area contributed by atoms with Crippen molar-refractivity contribution < 1.29 is 17.9 Å². The number of rotatable bonds is 5. The van der Waals surface area contributed by atoms with E-state index in [4.69, 9.17) is 4.74 Å². The summed E-state index contributed by atoms with van der Waals surface area (Å²) in [4.78, 5) is 12.8. The van der Waals surface area contributed by atoms with Crippen molar-refractivity contribution in [2.45, 2.75) is 51.5 Å². The lowest BCUT2D eigenvalue weighted by Gasteiger charge is -2.33. The average Bonchev–Trinajstić information content (AvgIpc) is 2.53. The molecule has 0 unspecified atom stereocenters. The maximum atomic E-state index is 12.8. The molecule has 0 spiro atoms. The van der Waals surface area contributed by atoms with Gasteiger partial charge in [0.2, 0.25) is 10.0 Å². The first kappa shape index (κ1) is 20.9. The molecule has 1 aromatic carbocycles. The number of benzene rings is 1. The van der Waals surface area contributed by atoms with Gasteiger partial charge < -0.3 is 10.1 Å². The summed E-state index contributed by atoms with van der Waals surface area (Å²) in [5.41, 5.74) is 0.0218. The zero-order chi connectivity index (χ0) is 19.6. The number of carbonyl (C=O) groups is 1. The van der Waals surface area contributed by atoms with Gasteiger partial charge in [-0.1, -0.05) is 26.8 Å². The number of hydrogen-bond donors (Lipinski definition) is 1. The van der Waals surface area contributed by atoms with Crippen LogP contribution in [0.3, 0.4) is 0 Å². The lowest BCUT2D eigenvalue weighted by molar-refractivity contribution is 0.0730. The molecule has 1 amide bonds. The summed E-state index contributed by atoms with van der Waals surface area (Å²) >= 11 is 0. The summed E-state index contributed by atoms with van der Waals surface area (Å²) in [5.74, 6) is -0.265. The third-order valence-corrected chi connectivity index (χ3v) is 6.02. The summed E-state index contributed by atoms with van der Waals surface area (Å²) < 4.78 is 32.2. The third kappa shape index (κ3) is 5.53. The molecule has 0 aromatic heterocycles. The molecule has 26 heavy (non-hydrogen) atoms. The minimum Gasteiger partial charge on any atom is -0.379 e. The van der Waals surface area contributed by atoms with Gasteiger partial charge in [-0.3, -0.25) is 4.79 Å². The maximum Gasteiger partial charge on any atom is 0.251 e. The number of nitrogens with zero attached hydrogens (tertiary/aromatic N) is 1. The van der Waals surface area contributed by atoms with Gasteiger partial charge in [0.1, 0.15) is 0 Å². The van der Waals surface area contributed by atoms with Crippen LogP contribution in [-0.2, 0) is 14.8 Å². The minimum absolute atomic E-state index is 0.0678. The van der Waals surface area contributed by atoms with E-state index < -0.39 is 15.6 Å². The standard InChI is InChI=1S/C19H30N2O4S/c1-18(2,3)14-19(4,5)20-17(22)15-7-6-8-16(13-15)26(23,24)21-9-11-25-12-10-21/h6-8,13H,9-12,14H2,1-5H3,(H,20,22). The molecule has 2 rings (SSSR count). The molecule has 0 bridgehead atoms. The molecule has 1 aromatic rings. The van der Waals surface area contributed by atoms with Crippen molar-refractivity contribution in [3.05, 3.63) is 29.8 Å². The van der Waals surface area contributed by atoms with Crippen LogP contribution in [-0.4, -0.2) is 50.5 Å². The van der Waals surface area contributed by atoms with Crippen LogP contribution in [0.25, 0.3) is 0 Å². The Morgan fingerprint density at radius 2 is 1.77 bits per heavy atom. The Balaban J connectivity index is 2.19. The highest BCUT2D eigenvalue weighted by Gasteiger charge is 2.29. The van der Waals surface area contributed by atoms with Crippen LogP contribution in [0.1, 0.15) is 51.4 Å². The van der Waals surface area contributed by atoms with Gasteiger partial charge in [-0.25, -0.2) is 8.42 Å². The van der Waals surface area contributed by atoms with E-state index in [-0.39, 0.29) is 16.2 Å². The molecule has 1 heterocycles. The quantitative estimate of drug-likeness (QED) is 0.849. The van der Waals surface area contributed by atoms with Crippen LogP contribution in [0.15, 0.2) is 29.2 Å². The fraction of sp³-hybridized carbons (Fsp3) is 0.632. The highest BCUT2D eigenvalue weighted by molar-refractivity contribution is 7.89. The van der Waals surface area contributed by atoms with Crippen LogP contribution in [0.5, 0.6) is 0 Å². The fourth-order valence-electron chi connectivity index (χ4n) is 3.48. The van der Waals surface area contributed by atoms with Crippen molar-refractivity contribution in [3.8, 4) is 0 Å². The number of amides is 1. The molecule has 1 fully saturated rings. The molecule has 0 atom stereocenters. The van der Waals surface area contributed by atoms with Gasteiger partial charge in [-0.05, 0) is 43.9 Å². The Hall–Kier alpha value is -1.44. The Morgan fingerprint density at radius 1 is 1.15 bits per heavy atom. The van der Waals surface area contributed by atoms with Crippen molar-refractivity contribution in [2.24, 2.45) is 5.41 Å². The number of sulfonamides is 1. The highest BCUT2D eigenvalue weighted by Crippen LogP contribution is 2.27. The van der Waals surface area contributed by atoms with Gasteiger partial charge in [0, 0.05) is 24.2 Å². The molecule has 7 heteroatoms. The summed E-state index contributed by atoms with van der Waals surface area (Å²) in [5, 5.41) is 3.02. The van der Waals surface area contributed by atoms with E-state index in [1.807, 2.05) is 13.8 Å².